The number of hydrogen-bond donors (Lipinski definition) is 1. The first kappa shape index (κ1) is 12.6. The molecule has 0 radical (unpaired) electrons. The van der Waals surface area contributed by atoms with Gasteiger partial charge < -0.3 is 5.73 Å². The highest BCUT2D eigenvalue weighted by molar-refractivity contribution is 5.80. The number of benzene rings is 1. The summed E-state index contributed by atoms with van der Waals surface area (Å²) in [7, 11) is 0. The van der Waals surface area contributed by atoms with Crippen molar-refractivity contribution in [3.63, 3.8) is 0 Å². The third-order valence-electron chi connectivity index (χ3n) is 3.46. The molecule has 96 valence electrons. The van der Waals surface area contributed by atoms with Crippen LogP contribution in [0.15, 0.2) is 29.3 Å². The first-order valence-corrected chi connectivity index (χ1v) is 6.40. The Kier molecular flexibility index (Phi) is 3.65. The predicted octanol–water partition coefficient (Wildman–Crippen LogP) is 2.41. The Balaban J connectivity index is 2.47. The van der Waals surface area contributed by atoms with Crippen LogP contribution < -0.4 is 11.3 Å². The Labute approximate surface area is 106 Å². The monoisotopic (exact) mass is 245 g/mol. The van der Waals surface area contributed by atoms with Crippen LogP contribution in [0.25, 0.3) is 10.9 Å². The first-order chi connectivity index (χ1) is 8.65. The highest BCUT2D eigenvalue weighted by atomic mass is 16.1. The number of nitrogens with two attached hydrogens (primary N) is 1. The van der Waals surface area contributed by atoms with Gasteiger partial charge in [-0.15, -0.1) is 0 Å². The summed E-state index contributed by atoms with van der Waals surface area (Å²) >= 11 is 0. The lowest BCUT2D eigenvalue weighted by Crippen LogP contribution is -2.24. The summed E-state index contributed by atoms with van der Waals surface area (Å²) in [6, 6.07) is 5.25. The topological polar surface area (TPSA) is 60.9 Å². The number of fused-ring (bicyclic) bond motifs is 1. The van der Waals surface area contributed by atoms with Crippen LogP contribution in [0.5, 0.6) is 0 Å². The normalized spacial score (nSPS) is 11.3. The molecule has 2 N–H and O–H groups in total. The van der Waals surface area contributed by atoms with Gasteiger partial charge in [0.1, 0.15) is 0 Å². The van der Waals surface area contributed by atoms with Crippen molar-refractivity contribution in [2.75, 3.05) is 5.73 Å². The van der Waals surface area contributed by atoms with Crippen molar-refractivity contribution in [2.45, 2.75) is 33.2 Å². The van der Waals surface area contributed by atoms with Gasteiger partial charge >= 0.3 is 0 Å². The maximum absolute atomic E-state index is 12.3. The van der Waals surface area contributed by atoms with Gasteiger partial charge in [0.2, 0.25) is 0 Å². The lowest BCUT2D eigenvalue weighted by molar-refractivity contribution is 0.410. The Hall–Kier alpha value is -1.84. The molecule has 0 aliphatic heterocycles. The summed E-state index contributed by atoms with van der Waals surface area (Å²) in [6.45, 7) is 5.01. The van der Waals surface area contributed by atoms with Crippen molar-refractivity contribution in [2.24, 2.45) is 5.92 Å². The molecule has 4 heteroatoms. The molecule has 2 aromatic rings. The molecule has 0 aliphatic carbocycles. The highest BCUT2D eigenvalue weighted by Crippen LogP contribution is 2.13. The van der Waals surface area contributed by atoms with Crippen LogP contribution in [0.1, 0.15) is 26.7 Å². The number of hydrogen-bond acceptors (Lipinski definition) is 3. The molecule has 0 unspecified atom stereocenters. The zero-order valence-electron chi connectivity index (χ0n) is 10.9. The zero-order chi connectivity index (χ0) is 13.1. The Morgan fingerprint density at radius 3 is 2.72 bits per heavy atom. The van der Waals surface area contributed by atoms with Gasteiger partial charge in [0.25, 0.3) is 5.56 Å². The molecule has 4 nitrogen and oxygen atoms in total. The Morgan fingerprint density at radius 2 is 2.06 bits per heavy atom. The summed E-state index contributed by atoms with van der Waals surface area (Å²) < 4.78 is 1.69. The maximum Gasteiger partial charge on any atom is 0.261 e. The fourth-order valence-corrected chi connectivity index (χ4v) is 2.13. The minimum atomic E-state index is -0.000741. The summed E-state index contributed by atoms with van der Waals surface area (Å²) in [5, 5.41) is 0.600. The minimum Gasteiger partial charge on any atom is -0.399 e. The highest BCUT2D eigenvalue weighted by Gasteiger charge is 2.08. The van der Waals surface area contributed by atoms with Crippen LogP contribution >= 0.6 is 0 Å². The second-order valence-corrected chi connectivity index (χ2v) is 4.66. The molecule has 0 spiro atoms. The van der Waals surface area contributed by atoms with Gasteiger partial charge in [-0.2, -0.15) is 0 Å². The molecule has 0 saturated carbocycles. The van der Waals surface area contributed by atoms with E-state index in [1.807, 2.05) is 0 Å². The van der Waals surface area contributed by atoms with Crippen LogP contribution in [-0.4, -0.2) is 9.55 Å². The largest absolute Gasteiger partial charge is 0.399 e. The molecule has 1 aromatic heterocycles. The SMILES string of the molecule is CCC(CC)Cn1cnc2ccc(N)cc2c1=O. The average Bonchev–Trinajstić information content (AvgIpc) is 2.39. The fourth-order valence-electron chi connectivity index (χ4n) is 2.13. The van der Waals surface area contributed by atoms with Gasteiger partial charge in [0.15, 0.2) is 0 Å². The lowest BCUT2D eigenvalue weighted by Gasteiger charge is -2.14. The standard InChI is InChI=1S/C14H19N3O/c1-3-10(4-2)8-17-9-16-13-6-5-11(15)7-12(13)14(17)18/h5-7,9-10H,3-4,8,15H2,1-2H3. The fraction of sp³-hybridized carbons (Fsp3) is 0.429. The second-order valence-electron chi connectivity index (χ2n) is 4.66. The van der Waals surface area contributed by atoms with E-state index in [9.17, 15) is 4.79 Å². The summed E-state index contributed by atoms with van der Waals surface area (Å²) in [5.74, 6) is 0.517. The van der Waals surface area contributed by atoms with Gasteiger partial charge in [-0.1, -0.05) is 26.7 Å². The number of nitrogens with zero attached hydrogens (tertiary/aromatic N) is 2. The van der Waals surface area contributed by atoms with E-state index in [1.165, 1.54) is 0 Å². The molecule has 0 bridgehead atoms. The molecule has 0 fully saturated rings. The van der Waals surface area contributed by atoms with E-state index < -0.39 is 0 Å². The summed E-state index contributed by atoms with van der Waals surface area (Å²) in [5.41, 5.74) is 7.02. The molecule has 1 aromatic carbocycles. The number of anilines is 1. The second kappa shape index (κ2) is 5.21. The van der Waals surface area contributed by atoms with Crippen molar-refractivity contribution in [3.05, 3.63) is 34.9 Å². The van der Waals surface area contributed by atoms with Crippen molar-refractivity contribution in [1.82, 2.24) is 9.55 Å². The van der Waals surface area contributed by atoms with Crippen molar-refractivity contribution >= 4 is 16.6 Å². The van der Waals surface area contributed by atoms with Crippen LogP contribution in [0.4, 0.5) is 5.69 Å². The molecule has 18 heavy (non-hydrogen) atoms. The van der Waals surface area contributed by atoms with E-state index in [2.05, 4.69) is 18.8 Å². The van der Waals surface area contributed by atoms with E-state index in [1.54, 1.807) is 29.1 Å². The Morgan fingerprint density at radius 1 is 1.33 bits per heavy atom. The number of nitrogen functional groups attached to an aromatic ring is 1. The summed E-state index contributed by atoms with van der Waals surface area (Å²) in [6.07, 6.45) is 3.77. The predicted molar refractivity (Wildman–Crippen MR) is 74.5 cm³/mol. The Bertz CT molecular complexity index is 600. The third kappa shape index (κ3) is 2.37. The maximum atomic E-state index is 12.3. The van der Waals surface area contributed by atoms with Crippen LogP contribution in [-0.2, 0) is 6.54 Å². The smallest absolute Gasteiger partial charge is 0.261 e. The molecule has 0 amide bonds. The van der Waals surface area contributed by atoms with E-state index >= 15 is 0 Å². The molecular formula is C14H19N3O. The molecule has 2 rings (SSSR count). The van der Waals surface area contributed by atoms with Gasteiger partial charge in [-0.05, 0) is 24.1 Å². The van der Waals surface area contributed by atoms with Crippen LogP contribution in [0.3, 0.4) is 0 Å². The van der Waals surface area contributed by atoms with Gasteiger partial charge in [0, 0.05) is 12.2 Å². The van der Waals surface area contributed by atoms with E-state index in [0.29, 0.717) is 22.5 Å². The zero-order valence-corrected chi connectivity index (χ0v) is 10.9. The van der Waals surface area contributed by atoms with E-state index in [4.69, 9.17) is 5.73 Å². The van der Waals surface area contributed by atoms with Crippen LogP contribution in [0.2, 0.25) is 0 Å². The minimum absolute atomic E-state index is 0.000741. The van der Waals surface area contributed by atoms with Gasteiger partial charge in [0.05, 0.1) is 17.2 Å². The molecule has 0 aliphatic rings. The van der Waals surface area contributed by atoms with E-state index in [-0.39, 0.29) is 5.56 Å². The first-order valence-electron chi connectivity index (χ1n) is 6.40. The van der Waals surface area contributed by atoms with Crippen LogP contribution in [0, 0.1) is 5.92 Å². The van der Waals surface area contributed by atoms with Crippen molar-refractivity contribution in [3.8, 4) is 0 Å². The third-order valence-corrected chi connectivity index (χ3v) is 3.46. The van der Waals surface area contributed by atoms with Crippen molar-refractivity contribution < 1.29 is 0 Å². The number of aromatic nitrogens is 2. The summed E-state index contributed by atoms with van der Waals surface area (Å²) in [4.78, 5) is 16.6. The average molecular weight is 245 g/mol. The molecular weight excluding hydrogens is 226 g/mol. The van der Waals surface area contributed by atoms with Gasteiger partial charge in [-0.25, -0.2) is 4.98 Å². The lowest BCUT2D eigenvalue weighted by atomic mass is 10.0. The van der Waals surface area contributed by atoms with E-state index in [0.717, 1.165) is 19.4 Å². The van der Waals surface area contributed by atoms with Gasteiger partial charge in [-0.3, -0.25) is 9.36 Å². The molecule has 0 saturated heterocycles. The van der Waals surface area contributed by atoms with Crippen molar-refractivity contribution in [1.29, 1.82) is 0 Å². The molecule has 1 heterocycles. The quantitative estimate of drug-likeness (QED) is 0.841. The number of rotatable bonds is 4. The molecule has 0 atom stereocenters.